The molecule has 0 N–H and O–H groups in total. The maximum absolute atomic E-state index is 12.3. The lowest BCUT2D eigenvalue weighted by Gasteiger charge is -2.15. The van der Waals surface area contributed by atoms with Crippen LogP contribution in [-0.4, -0.2) is 16.2 Å². The Morgan fingerprint density at radius 2 is 2.14 bits per heavy atom. The molecule has 0 saturated heterocycles. The molecule has 1 atom stereocenters. The maximum atomic E-state index is 12.3. The van der Waals surface area contributed by atoms with E-state index < -0.39 is 0 Å². The van der Waals surface area contributed by atoms with E-state index in [1.165, 1.54) is 11.6 Å². The van der Waals surface area contributed by atoms with Gasteiger partial charge in [-0.05, 0) is 18.9 Å². The zero-order valence-electron chi connectivity index (χ0n) is 11.5. The number of aromatic nitrogens is 2. The quantitative estimate of drug-likeness (QED) is 0.819. The minimum atomic E-state index is -0.0683. The van der Waals surface area contributed by atoms with Gasteiger partial charge in [-0.15, -0.1) is 0 Å². The lowest BCUT2D eigenvalue weighted by molar-refractivity contribution is 0.316. The third-order valence-corrected chi connectivity index (χ3v) is 4.34. The summed E-state index contributed by atoms with van der Waals surface area (Å²) in [4.78, 5) is 16.7. The van der Waals surface area contributed by atoms with E-state index in [0.29, 0.717) is 24.2 Å². The lowest BCUT2D eigenvalue weighted by atomic mass is 10.0. The fourth-order valence-electron chi connectivity index (χ4n) is 2.93. The van der Waals surface area contributed by atoms with Gasteiger partial charge in [0, 0.05) is 30.0 Å². The van der Waals surface area contributed by atoms with Crippen LogP contribution in [0.1, 0.15) is 36.1 Å². The Kier molecular flexibility index (Phi) is 3.00. The van der Waals surface area contributed by atoms with Crippen molar-refractivity contribution >= 4 is 11.6 Å². The van der Waals surface area contributed by atoms with E-state index in [1.807, 2.05) is 18.2 Å². The Morgan fingerprint density at radius 1 is 1.33 bits per heavy atom. The van der Waals surface area contributed by atoms with E-state index in [0.717, 1.165) is 24.4 Å². The number of benzene rings is 1. The van der Waals surface area contributed by atoms with E-state index in [2.05, 4.69) is 11.1 Å². The Labute approximate surface area is 127 Å². The second kappa shape index (κ2) is 4.88. The molecule has 1 unspecified atom stereocenters. The number of para-hydroxylation sites is 1. The van der Waals surface area contributed by atoms with Crippen LogP contribution in [0.4, 0.5) is 0 Å². The molecule has 1 aliphatic heterocycles. The topological polar surface area (TPSA) is 44.1 Å². The van der Waals surface area contributed by atoms with Crippen molar-refractivity contribution in [1.29, 1.82) is 0 Å². The van der Waals surface area contributed by atoms with E-state index in [1.54, 1.807) is 4.57 Å². The molecule has 0 spiro atoms. The minimum Gasteiger partial charge on any atom is -0.493 e. The predicted octanol–water partition coefficient (Wildman–Crippen LogP) is 2.95. The van der Waals surface area contributed by atoms with Crippen molar-refractivity contribution in [2.24, 2.45) is 0 Å². The molecule has 1 saturated carbocycles. The minimum absolute atomic E-state index is 0.0683. The van der Waals surface area contributed by atoms with Crippen molar-refractivity contribution in [2.75, 3.05) is 6.61 Å². The van der Waals surface area contributed by atoms with Gasteiger partial charge >= 0.3 is 0 Å². The van der Waals surface area contributed by atoms with E-state index in [-0.39, 0.29) is 11.5 Å². The van der Waals surface area contributed by atoms with E-state index >= 15 is 0 Å². The number of nitrogens with zero attached hydrogens (tertiary/aromatic N) is 2. The van der Waals surface area contributed by atoms with Crippen molar-refractivity contribution in [3.63, 3.8) is 0 Å². The average molecular weight is 303 g/mol. The van der Waals surface area contributed by atoms with Crippen LogP contribution in [0.5, 0.6) is 5.75 Å². The molecule has 4 rings (SSSR count). The second-order valence-electron chi connectivity index (χ2n) is 5.71. The third kappa shape index (κ3) is 2.33. The summed E-state index contributed by atoms with van der Waals surface area (Å²) in [7, 11) is 0. The number of fused-ring (bicyclic) bond motifs is 1. The van der Waals surface area contributed by atoms with Gasteiger partial charge in [-0.25, -0.2) is 4.98 Å². The smallest absolute Gasteiger partial charge is 0.255 e. The van der Waals surface area contributed by atoms with Gasteiger partial charge in [0.25, 0.3) is 5.56 Å². The highest BCUT2D eigenvalue weighted by molar-refractivity contribution is 6.29. The van der Waals surface area contributed by atoms with Gasteiger partial charge in [0.1, 0.15) is 16.7 Å². The van der Waals surface area contributed by atoms with Crippen LogP contribution in [0, 0.1) is 0 Å². The molecular weight excluding hydrogens is 288 g/mol. The summed E-state index contributed by atoms with van der Waals surface area (Å²) in [5, 5.41) is 0.293. The molecule has 5 heteroatoms. The van der Waals surface area contributed by atoms with Crippen LogP contribution in [0.15, 0.2) is 35.1 Å². The Balaban J connectivity index is 1.71. The number of halogens is 1. The first-order valence-corrected chi connectivity index (χ1v) is 7.59. The van der Waals surface area contributed by atoms with Gasteiger partial charge < -0.3 is 4.74 Å². The van der Waals surface area contributed by atoms with Crippen LogP contribution in [0.3, 0.4) is 0 Å². The summed E-state index contributed by atoms with van der Waals surface area (Å²) < 4.78 is 7.48. The molecule has 1 aromatic heterocycles. The van der Waals surface area contributed by atoms with Gasteiger partial charge in [0.05, 0.1) is 6.61 Å². The number of rotatable bonds is 3. The monoisotopic (exact) mass is 302 g/mol. The second-order valence-corrected chi connectivity index (χ2v) is 6.09. The maximum Gasteiger partial charge on any atom is 0.255 e. The number of ether oxygens (including phenoxy) is 1. The molecule has 1 aromatic carbocycles. The van der Waals surface area contributed by atoms with Crippen molar-refractivity contribution in [3.05, 3.63) is 57.2 Å². The number of hydrogen-bond acceptors (Lipinski definition) is 3. The molecule has 0 radical (unpaired) electrons. The molecule has 2 aliphatic rings. The molecule has 0 amide bonds. The first kappa shape index (κ1) is 12.9. The molecule has 21 heavy (non-hydrogen) atoms. The van der Waals surface area contributed by atoms with Crippen LogP contribution < -0.4 is 10.3 Å². The largest absolute Gasteiger partial charge is 0.493 e. The molecule has 2 heterocycles. The lowest BCUT2D eigenvalue weighted by Crippen LogP contribution is -2.27. The molecule has 108 valence electrons. The van der Waals surface area contributed by atoms with E-state index in [9.17, 15) is 4.79 Å². The van der Waals surface area contributed by atoms with Gasteiger partial charge in [-0.3, -0.25) is 9.36 Å². The standard InChI is InChI=1S/C16H15ClN2O2/c17-14-7-15(20)19(16(18-14)10-5-6-10)8-11-9-21-13-4-2-1-3-12(11)13/h1-4,7,10-11H,5-6,8-9H2. The van der Waals surface area contributed by atoms with Gasteiger partial charge in [-0.2, -0.15) is 0 Å². The molecular formula is C16H15ClN2O2. The third-order valence-electron chi connectivity index (χ3n) is 4.15. The van der Waals surface area contributed by atoms with Gasteiger partial charge in [0.15, 0.2) is 0 Å². The highest BCUT2D eigenvalue weighted by Crippen LogP contribution is 2.40. The summed E-state index contributed by atoms with van der Waals surface area (Å²) in [6, 6.07) is 9.41. The van der Waals surface area contributed by atoms with Gasteiger partial charge in [0.2, 0.25) is 0 Å². The predicted molar refractivity (Wildman–Crippen MR) is 80.2 cm³/mol. The SMILES string of the molecule is O=c1cc(Cl)nc(C2CC2)n1CC1COc2ccccc21. The zero-order valence-corrected chi connectivity index (χ0v) is 12.2. The van der Waals surface area contributed by atoms with Crippen LogP contribution in [0.25, 0.3) is 0 Å². The molecule has 1 aliphatic carbocycles. The fraction of sp³-hybridized carbons (Fsp3) is 0.375. The molecule has 0 bridgehead atoms. The summed E-state index contributed by atoms with van der Waals surface area (Å²) in [6.07, 6.45) is 2.18. The highest BCUT2D eigenvalue weighted by atomic mass is 35.5. The normalized spacial score (nSPS) is 20.1. The molecule has 1 fully saturated rings. The first-order valence-electron chi connectivity index (χ1n) is 7.21. The zero-order chi connectivity index (χ0) is 14.4. The summed E-state index contributed by atoms with van der Waals surface area (Å²) >= 11 is 5.94. The van der Waals surface area contributed by atoms with Crippen molar-refractivity contribution < 1.29 is 4.74 Å². The Morgan fingerprint density at radius 3 is 2.95 bits per heavy atom. The van der Waals surface area contributed by atoms with Crippen molar-refractivity contribution in [3.8, 4) is 5.75 Å². The Hall–Kier alpha value is -1.81. The Bertz CT molecular complexity index is 752. The summed E-state index contributed by atoms with van der Waals surface area (Å²) in [5.41, 5.74) is 1.10. The number of hydrogen-bond donors (Lipinski definition) is 0. The van der Waals surface area contributed by atoms with Crippen LogP contribution in [-0.2, 0) is 6.54 Å². The van der Waals surface area contributed by atoms with E-state index in [4.69, 9.17) is 16.3 Å². The van der Waals surface area contributed by atoms with Crippen molar-refractivity contribution in [2.45, 2.75) is 31.2 Å². The summed E-state index contributed by atoms with van der Waals surface area (Å²) in [5.74, 6) is 2.33. The van der Waals surface area contributed by atoms with Crippen LogP contribution in [0.2, 0.25) is 5.15 Å². The average Bonchev–Trinajstić information content (AvgIpc) is 3.23. The van der Waals surface area contributed by atoms with Crippen molar-refractivity contribution in [1.82, 2.24) is 9.55 Å². The van der Waals surface area contributed by atoms with Crippen LogP contribution >= 0.6 is 11.6 Å². The molecule has 4 nitrogen and oxygen atoms in total. The summed E-state index contributed by atoms with van der Waals surface area (Å²) in [6.45, 7) is 1.21. The van der Waals surface area contributed by atoms with Gasteiger partial charge in [-0.1, -0.05) is 29.8 Å². The molecule has 2 aromatic rings. The fourth-order valence-corrected chi connectivity index (χ4v) is 3.11. The highest BCUT2D eigenvalue weighted by Gasteiger charge is 2.31. The first-order chi connectivity index (χ1) is 10.2.